The lowest BCUT2D eigenvalue weighted by atomic mass is 10.1. The first-order valence-electron chi connectivity index (χ1n) is 12.9. The standard InChI is InChI=1S/C30H27BN6O3/c1-22-4-10-25(11-5-22)28-16-19-35(32-28)38-31(39-36-20-17-29(33-36)26-12-6-23(2)7-13-26)40-37-21-18-30(34-37)27-14-8-24(3)9-15-27/h4-21H,1-3H3. The summed E-state index contributed by atoms with van der Waals surface area (Å²) in [5.41, 5.74) is 8.68. The van der Waals surface area contributed by atoms with Gasteiger partial charge in [0.1, 0.15) is 0 Å². The Labute approximate surface area is 232 Å². The third-order valence-corrected chi connectivity index (χ3v) is 6.32. The number of aromatic nitrogens is 6. The van der Waals surface area contributed by atoms with Gasteiger partial charge < -0.3 is 14.3 Å². The van der Waals surface area contributed by atoms with E-state index >= 15 is 0 Å². The Kier molecular flexibility index (Phi) is 6.80. The van der Waals surface area contributed by atoms with Crippen LogP contribution in [0.4, 0.5) is 0 Å². The first-order valence-corrected chi connectivity index (χ1v) is 12.9. The van der Waals surface area contributed by atoms with E-state index in [2.05, 4.69) is 15.3 Å². The molecular formula is C30H27BN6O3. The van der Waals surface area contributed by atoms with Gasteiger partial charge in [0.05, 0.1) is 35.7 Å². The number of nitrogens with zero attached hydrogens (tertiary/aromatic N) is 6. The Morgan fingerprint density at radius 2 is 0.700 bits per heavy atom. The molecule has 0 atom stereocenters. The molecule has 0 aliphatic rings. The van der Waals surface area contributed by atoms with Gasteiger partial charge >= 0.3 is 7.32 Å². The Morgan fingerprint density at radius 3 is 0.975 bits per heavy atom. The fraction of sp³-hybridized carbons (Fsp3) is 0.100. The van der Waals surface area contributed by atoms with Crippen molar-refractivity contribution in [3.8, 4) is 33.8 Å². The zero-order valence-corrected chi connectivity index (χ0v) is 22.4. The van der Waals surface area contributed by atoms with Crippen molar-refractivity contribution in [3.05, 3.63) is 126 Å². The molecule has 0 aliphatic heterocycles. The topological polar surface area (TPSA) is 81.1 Å². The Hall–Kier alpha value is -5.25. The van der Waals surface area contributed by atoms with Crippen LogP contribution < -0.4 is 14.3 Å². The maximum Gasteiger partial charge on any atom is 0.929 e. The maximum absolute atomic E-state index is 5.95. The average molecular weight is 530 g/mol. The van der Waals surface area contributed by atoms with Crippen molar-refractivity contribution >= 4 is 7.32 Å². The van der Waals surface area contributed by atoms with E-state index in [4.69, 9.17) is 14.3 Å². The summed E-state index contributed by atoms with van der Waals surface area (Å²) in [6.07, 6.45) is 5.07. The van der Waals surface area contributed by atoms with E-state index < -0.39 is 7.32 Å². The van der Waals surface area contributed by atoms with E-state index in [0.29, 0.717) is 0 Å². The van der Waals surface area contributed by atoms with Crippen LogP contribution in [0.2, 0.25) is 0 Å². The lowest BCUT2D eigenvalue weighted by molar-refractivity contribution is 0.0406. The number of benzene rings is 3. The second-order valence-electron chi connectivity index (χ2n) is 9.51. The summed E-state index contributed by atoms with van der Waals surface area (Å²) in [7, 11) is -1.28. The summed E-state index contributed by atoms with van der Waals surface area (Å²) in [5, 5.41) is 13.6. The molecule has 0 bridgehead atoms. The van der Waals surface area contributed by atoms with Crippen LogP contribution in [-0.2, 0) is 0 Å². The SMILES string of the molecule is Cc1ccc(-c2ccn(OB(On3ccc(-c4ccc(C)cc4)n3)On3ccc(-c4ccc(C)cc4)n3)n2)cc1. The summed E-state index contributed by atoms with van der Waals surface area (Å²) in [5.74, 6) is 0. The lowest BCUT2D eigenvalue weighted by Crippen LogP contribution is -2.49. The predicted molar refractivity (Wildman–Crippen MR) is 153 cm³/mol. The number of hydrogen-bond acceptors (Lipinski definition) is 6. The van der Waals surface area contributed by atoms with Crippen molar-refractivity contribution in [2.75, 3.05) is 0 Å². The molecule has 10 heteroatoms. The van der Waals surface area contributed by atoms with Gasteiger partial charge in [-0.3, -0.25) is 0 Å². The zero-order chi connectivity index (χ0) is 27.5. The molecule has 3 aromatic carbocycles. The Bertz CT molecular complexity index is 1500. The number of aryl methyl sites for hydroxylation is 3. The minimum atomic E-state index is -1.28. The second kappa shape index (κ2) is 10.9. The maximum atomic E-state index is 5.95. The van der Waals surface area contributed by atoms with Crippen molar-refractivity contribution in [1.29, 1.82) is 0 Å². The molecule has 198 valence electrons. The highest BCUT2D eigenvalue weighted by atomic mass is 16.9. The van der Waals surface area contributed by atoms with Crippen LogP contribution in [0.1, 0.15) is 16.7 Å². The monoisotopic (exact) mass is 530 g/mol. The molecule has 3 heterocycles. The van der Waals surface area contributed by atoms with Gasteiger partial charge in [-0.2, -0.15) is 0 Å². The third-order valence-electron chi connectivity index (χ3n) is 6.32. The highest BCUT2D eigenvalue weighted by molar-refractivity contribution is 6.37. The molecule has 40 heavy (non-hydrogen) atoms. The molecule has 3 aromatic heterocycles. The van der Waals surface area contributed by atoms with Crippen molar-refractivity contribution in [1.82, 2.24) is 29.8 Å². The van der Waals surface area contributed by atoms with Crippen molar-refractivity contribution in [2.24, 2.45) is 0 Å². The van der Waals surface area contributed by atoms with Crippen LogP contribution in [0.5, 0.6) is 0 Å². The number of rotatable bonds is 9. The molecule has 0 unspecified atom stereocenters. The van der Waals surface area contributed by atoms with Crippen LogP contribution in [0.25, 0.3) is 33.8 Å². The van der Waals surface area contributed by atoms with Crippen LogP contribution in [0.3, 0.4) is 0 Å². The lowest BCUT2D eigenvalue weighted by Gasteiger charge is -2.14. The molecule has 0 saturated carbocycles. The molecule has 0 radical (unpaired) electrons. The zero-order valence-electron chi connectivity index (χ0n) is 22.4. The van der Waals surface area contributed by atoms with Crippen LogP contribution in [0.15, 0.2) is 110 Å². The highest BCUT2D eigenvalue weighted by Crippen LogP contribution is 2.19. The fourth-order valence-corrected chi connectivity index (χ4v) is 4.05. The van der Waals surface area contributed by atoms with Gasteiger partial charge in [-0.25, -0.2) is 0 Å². The minimum absolute atomic E-state index is 0.750. The molecule has 0 amide bonds. The van der Waals surface area contributed by atoms with Gasteiger partial charge in [0.2, 0.25) is 0 Å². The van der Waals surface area contributed by atoms with Gasteiger partial charge in [0.15, 0.2) is 0 Å². The van der Waals surface area contributed by atoms with Crippen LogP contribution in [-0.4, -0.2) is 37.2 Å². The Balaban J connectivity index is 1.23. The molecule has 0 fully saturated rings. The van der Waals surface area contributed by atoms with Crippen molar-refractivity contribution in [2.45, 2.75) is 20.8 Å². The van der Waals surface area contributed by atoms with E-state index in [0.717, 1.165) is 33.8 Å². The molecule has 0 N–H and O–H groups in total. The summed E-state index contributed by atoms with van der Waals surface area (Å²) >= 11 is 0. The van der Waals surface area contributed by atoms with E-state index in [1.165, 1.54) is 31.2 Å². The van der Waals surface area contributed by atoms with Crippen molar-refractivity contribution < 1.29 is 14.3 Å². The van der Waals surface area contributed by atoms with Crippen LogP contribution >= 0.6 is 0 Å². The highest BCUT2D eigenvalue weighted by Gasteiger charge is 2.35. The molecule has 0 saturated heterocycles. The summed E-state index contributed by atoms with van der Waals surface area (Å²) in [6, 6.07) is 29.9. The van der Waals surface area contributed by atoms with Gasteiger partial charge in [-0.15, -0.1) is 29.8 Å². The smallest absolute Gasteiger partial charge is 0.380 e. The largest absolute Gasteiger partial charge is 0.929 e. The molecule has 6 aromatic rings. The predicted octanol–water partition coefficient (Wildman–Crippen LogP) is 4.87. The van der Waals surface area contributed by atoms with E-state index in [-0.39, 0.29) is 0 Å². The second-order valence-corrected chi connectivity index (χ2v) is 9.51. The minimum Gasteiger partial charge on any atom is -0.380 e. The van der Waals surface area contributed by atoms with Gasteiger partial charge in [-0.05, 0) is 39.0 Å². The quantitative estimate of drug-likeness (QED) is 0.248. The van der Waals surface area contributed by atoms with Gasteiger partial charge in [0, 0.05) is 16.7 Å². The Morgan fingerprint density at radius 1 is 0.425 bits per heavy atom. The first kappa shape index (κ1) is 25.1. The molecule has 0 aliphatic carbocycles. The third kappa shape index (κ3) is 5.76. The van der Waals surface area contributed by atoms with E-state index in [9.17, 15) is 0 Å². The van der Waals surface area contributed by atoms with Gasteiger partial charge in [-0.1, -0.05) is 89.5 Å². The summed E-state index contributed by atoms with van der Waals surface area (Å²) in [4.78, 5) is 3.90. The van der Waals surface area contributed by atoms with Gasteiger partial charge in [0.25, 0.3) is 0 Å². The van der Waals surface area contributed by atoms with E-state index in [1.54, 1.807) is 18.6 Å². The normalized spacial score (nSPS) is 10.9. The van der Waals surface area contributed by atoms with Crippen molar-refractivity contribution in [3.63, 3.8) is 0 Å². The summed E-state index contributed by atoms with van der Waals surface area (Å²) in [6.45, 7) is 6.14. The fourth-order valence-electron chi connectivity index (χ4n) is 4.05. The molecule has 6 rings (SSSR count). The van der Waals surface area contributed by atoms with Crippen LogP contribution in [0, 0.1) is 20.8 Å². The summed E-state index contributed by atoms with van der Waals surface area (Å²) < 4.78 is 17.8. The van der Waals surface area contributed by atoms with E-state index in [1.807, 2.05) is 112 Å². The number of hydrogen-bond donors (Lipinski definition) is 0. The molecule has 9 nitrogen and oxygen atoms in total. The molecule has 0 spiro atoms. The molecular weight excluding hydrogens is 503 g/mol. The average Bonchev–Trinajstić information content (AvgIpc) is 3.72. The first-order chi connectivity index (χ1) is 19.5.